The van der Waals surface area contributed by atoms with Crippen LogP contribution in [0, 0.1) is 11.3 Å². The van der Waals surface area contributed by atoms with Crippen molar-refractivity contribution >= 4 is 196 Å². The Morgan fingerprint density at radius 3 is 0.748 bits per heavy atom. The number of carbonyl (C=O) groups is 3. The second-order valence-electron chi connectivity index (χ2n) is 28.4. The van der Waals surface area contributed by atoms with Crippen molar-refractivity contribution in [1.29, 1.82) is 5.26 Å². The molecular formula is C106H111BrClNO21S13. The van der Waals surface area contributed by atoms with Gasteiger partial charge >= 0.3 is 17.9 Å². The number of halogens is 2. The summed E-state index contributed by atoms with van der Waals surface area (Å²) in [6.07, 6.45) is 12.3. The maximum Gasteiger partial charge on any atom is 0.337 e. The smallest absolute Gasteiger partial charge is 0.337 e. The van der Waals surface area contributed by atoms with Crippen molar-refractivity contribution in [3.8, 4) is 86.6 Å². The van der Waals surface area contributed by atoms with Gasteiger partial charge in [0.1, 0.15) is 80.5 Å². The fraction of sp³-hybridized carbons (Fsp3) is 0.226. The molecule has 37 heteroatoms. The summed E-state index contributed by atoms with van der Waals surface area (Å²) < 4.78 is 74.0. The number of benzene rings is 13. The lowest BCUT2D eigenvalue weighted by Crippen LogP contribution is -2.01. The van der Waals surface area contributed by atoms with Crippen LogP contribution in [0.25, 0.3) is 0 Å². The third-order valence-electron chi connectivity index (χ3n) is 19.5. The average Bonchev–Trinajstić information content (AvgIpc) is 0.833. The van der Waals surface area contributed by atoms with E-state index in [0.717, 1.165) is 153 Å². The summed E-state index contributed by atoms with van der Waals surface area (Å²) in [6.45, 7) is 0.0256. The lowest BCUT2D eigenvalue weighted by Gasteiger charge is -2.11. The summed E-state index contributed by atoms with van der Waals surface area (Å²) in [5, 5.41) is 46.9. The Balaban J connectivity index is 0.000000228. The minimum atomic E-state index is -0.990. The van der Waals surface area contributed by atoms with Gasteiger partial charge in [-0.05, 0) is 254 Å². The minimum absolute atomic E-state index is 0.00215. The molecule has 13 rings (SSSR count). The summed E-state index contributed by atoms with van der Waals surface area (Å²) in [4.78, 5) is 51.6. The number of nitrogens with zero attached hydrogens (tertiary/aromatic N) is 1. The van der Waals surface area contributed by atoms with Gasteiger partial charge in [-0.15, -0.1) is 70.6 Å². The molecule has 0 aliphatic rings. The predicted molar refractivity (Wildman–Crippen MR) is 597 cm³/mol. The van der Waals surface area contributed by atoms with E-state index in [1.165, 1.54) is 62.4 Å². The predicted octanol–water partition coefficient (Wildman–Crippen LogP) is 29.9. The number of alkyl halides is 1. The Kier molecular flexibility index (Phi) is 54.6. The highest BCUT2D eigenvalue weighted by atomic mass is 79.9. The zero-order valence-electron chi connectivity index (χ0n) is 82.1. The zero-order chi connectivity index (χ0) is 104. The molecule has 13 aromatic rings. The number of ether oxygens (including phenoxy) is 14. The molecule has 0 aliphatic heterocycles. The molecule has 0 radical (unpaired) electrons. The fourth-order valence-electron chi connectivity index (χ4n) is 12.2. The maximum absolute atomic E-state index is 11.5. The lowest BCUT2D eigenvalue weighted by atomic mass is 10.1. The Hall–Kier alpha value is -9.76. The van der Waals surface area contributed by atoms with Crippen molar-refractivity contribution in [2.75, 3.05) is 137 Å². The Morgan fingerprint density at radius 1 is 0.280 bits per heavy atom. The number of hydrogen-bond acceptors (Lipinski definition) is 32. The molecule has 143 heavy (non-hydrogen) atoms. The fourth-order valence-corrected chi connectivity index (χ4v) is 22.7. The molecule has 0 fully saturated rings. The van der Waals surface area contributed by atoms with Gasteiger partial charge in [0.15, 0.2) is 0 Å². The van der Waals surface area contributed by atoms with Gasteiger partial charge < -0.3 is 86.7 Å². The molecule has 0 saturated carbocycles. The summed E-state index contributed by atoms with van der Waals surface area (Å²) in [5.74, 6) is 7.67. The first-order valence-electron chi connectivity index (χ1n) is 42.3. The van der Waals surface area contributed by atoms with Crippen molar-refractivity contribution < 1.29 is 101 Å². The van der Waals surface area contributed by atoms with Crippen LogP contribution >= 0.6 is 178 Å². The number of carboxylic acids is 3. The van der Waals surface area contributed by atoms with Crippen LogP contribution < -0.4 is 66.3 Å². The van der Waals surface area contributed by atoms with Crippen molar-refractivity contribution in [3.63, 3.8) is 0 Å². The number of nitriles is 1. The number of aliphatic hydroxyl groups is 1. The number of methoxy groups -OCH3 is 14. The molecule has 0 atom stereocenters. The SMILES string of the molecule is COc1cc(OC)cc(SSc2cc(OC)cc(OC)c2)c1.COc1cc(OC)cc(Sc2ccc(SC)cc2C(=O)O)c1.COc1cc(OC)cc(Sc2ccc(SC)cc2CBr)c1.COc1cc(OC)cc(Sc2ccc(SC)cc2CC#N)c1.COc1cc(OC)cc(Sc2ccc(SC)cc2CC(=O)O)c1.COc1cc(OC)cc(Sc2ccc(SC)cc2CO)c1.CSc1ccc(Cl)c(C(=O)O)c1. The van der Waals surface area contributed by atoms with Crippen LogP contribution in [0.5, 0.6) is 80.5 Å². The molecule has 0 bridgehead atoms. The molecule has 0 aromatic heterocycles. The first kappa shape index (κ1) is 120. The van der Waals surface area contributed by atoms with E-state index in [-0.39, 0.29) is 23.6 Å². The van der Waals surface area contributed by atoms with Gasteiger partial charge in [0.2, 0.25) is 0 Å². The number of rotatable bonds is 40. The van der Waals surface area contributed by atoms with E-state index in [9.17, 15) is 24.6 Å². The van der Waals surface area contributed by atoms with Crippen LogP contribution in [0.15, 0.2) is 325 Å². The Labute approximate surface area is 905 Å². The van der Waals surface area contributed by atoms with E-state index in [1.807, 2.05) is 189 Å². The average molecular weight is 2270 g/mol. The van der Waals surface area contributed by atoms with Gasteiger partial charge in [0.05, 0.1) is 141 Å². The molecule has 22 nitrogen and oxygen atoms in total. The standard InChI is InChI=1S/C17H17NO2S2.C17H18O4S2.C16H17BrO2S2.C16H18O4S2.C16H16O4S2.C16H18O3S2.C8H7ClO2S/c1-19-13-9-14(20-2)11-16(10-13)22-17-5-4-15(21-3)8-12(17)6-7-18;1-20-12-8-13(21-2)10-15(9-12)23-16-5-4-14(22-3)6-11(16)7-17(18)19;1-18-12-7-13(19-2)9-15(8-12)21-16-5-4-14(20-3)6-11(16)10-17;1-17-11-5-12(18-2)8-15(7-11)21-22-16-9-13(19-3)6-14(10-16)20-4;1-19-10-6-11(20-2)8-13(7-10)22-15-5-4-12(21-3)9-14(15)16(17)18;1-18-12-7-13(19-2)9-15(8-12)21-16-5-4-14(20-3)6-11(16)10-17;1-12-5-2-3-7(9)6(4-5)8(10)11/h4-5,8-11H,6H2,1-3H3;4-6,8-10H,7H2,1-3H3,(H,18,19);4-9H,10H2,1-3H3;5-10H,1-4H3;4-9H,1-3H3,(H,17,18);4-9,17H,10H2,1-3H3;2-4H,1H3,(H,10,11). The van der Waals surface area contributed by atoms with E-state index in [0.29, 0.717) is 39.9 Å². The lowest BCUT2D eigenvalue weighted by molar-refractivity contribution is -0.136. The highest BCUT2D eigenvalue weighted by Gasteiger charge is 2.19. The second kappa shape index (κ2) is 65.0. The number of carboxylic acid groups (broad SMARTS) is 3. The van der Waals surface area contributed by atoms with E-state index >= 15 is 0 Å². The summed E-state index contributed by atoms with van der Waals surface area (Å²) >= 11 is 26.7. The van der Waals surface area contributed by atoms with E-state index in [1.54, 1.807) is 240 Å². The van der Waals surface area contributed by atoms with Gasteiger partial charge in [-0.2, -0.15) is 5.26 Å². The van der Waals surface area contributed by atoms with Gasteiger partial charge in [-0.1, -0.05) is 108 Å². The number of aliphatic hydroxyl groups excluding tert-OH is 1. The second-order valence-corrected chi connectivity index (χ2v) is 42.5. The molecule has 0 spiro atoms. The van der Waals surface area contributed by atoms with Crippen molar-refractivity contribution in [3.05, 3.63) is 275 Å². The van der Waals surface area contributed by atoms with Crippen LogP contribution in [0.3, 0.4) is 0 Å². The van der Waals surface area contributed by atoms with Gasteiger partial charge in [0.25, 0.3) is 0 Å². The van der Waals surface area contributed by atoms with Crippen LogP contribution in [0.2, 0.25) is 5.02 Å². The number of aromatic carboxylic acids is 2. The first-order valence-corrected chi connectivity index (χ1v) is 57.4. The molecule has 0 amide bonds. The van der Waals surface area contributed by atoms with Crippen LogP contribution in [-0.4, -0.2) is 175 Å². The molecule has 0 heterocycles. The van der Waals surface area contributed by atoms with Crippen LogP contribution in [0.1, 0.15) is 43.0 Å². The molecule has 13 aromatic carbocycles. The van der Waals surface area contributed by atoms with Crippen LogP contribution in [0.4, 0.5) is 0 Å². The zero-order valence-corrected chi connectivity index (χ0v) is 95.0. The topological polar surface area (TPSA) is 285 Å². The van der Waals surface area contributed by atoms with Gasteiger partial charge in [0, 0.05) is 136 Å². The van der Waals surface area contributed by atoms with Gasteiger partial charge in [-0.25, -0.2) is 9.59 Å². The van der Waals surface area contributed by atoms with Crippen molar-refractivity contribution in [2.45, 2.75) is 113 Å². The summed E-state index contributed by atoms with van der Waals surface area (Å²) in [6, 6.07) is 77.5. The van der Waals surface area contributed by atoms with Gasteiger partial charge in [-0.3, -0.25) is 4.79 Å². The molecule has 4 N–H and O–H groups in total. The normalized spacial score (nSPS) is 10.3. The quantitative estimate of drug-likeness (QED) is 0.0158. The van der Waals surface area contributed by atoms with Crippen molar-refractivity contribution in [1.82, 2.24) is 0 Å². The Morgan fingerprint density at radius 2 is 0.497 bits per heavy atom. The van der Waals surface area contributed by atoms with Crippen LogP contribution in [-0.2, 0) is 29.6 Å². The first-order chi connectivity index (χ1) is 69.0. The highest BCUT2D eigenvalue weighted by Crippen LogP contribution is 2.46. The molecule has 0 saturated heterocycles. The summed E-state index contributed by atoms with van der Waals surface area (Å²) in [7, 11) is 26.0. The molecule has 0 unspecified atom stereocenters. The maximum atomic E-state index is 11.5. The molecule has 0 aliphatic carbocycles. The van der Waals surface area contributed by atoms with E-state index < -0.39 is 17.9 Å². The summed E-state index contributed by atoms with van der Waals surface area (Å²) in [5.41, 5.74) is 4.50. The van der Waals surface area contributed by atoms with Crippen molar-refractivity contribution in [2.24, 2.45) is 0 Å². The number of aliphatic carboxylic acids is 1. The van der Waals surface area contributed by atoms with E-state index in [4.69, 9.17) is 93.4 Å². The largest absolute Gasteiger partial charge is 0.497 e. The Bertz CT molecular complexity index is 6040. The number of thioether (sulfide) groups is 6. The molecular weight excluding hydrogens is 2160 g/mol. The minimum Gasteiger partial charge on any atom is -0.497 e. The third kappa shape index (κ3) is 40.2. The highest BCUT2D eigenvalue weighted by molar-refractivity contribution is 9.08. The third-order valence-corrected chi connectivity index (χ3v) is 32.5. The number of hydrogen-bond donors (Lipinski definition) is 4. The monoisotopic (exact) mass is 2260 g/mol. The molecule has 758 valence electrons. The van der Waals surface area contributed by atoms with E-state index in [2.05, 4.69) is 70.7 Å².